The van der Waals surface area contributed by atoms with E-state index in [1.165, 1.54) is 11.1 Å². The third kappa shape index (κ3) is 3.96. The first kappa shape index (κ1) is 15.7. The summed E-state index contributed by atoms with van der Waals surface area (Å²) >= 11 is 5.49. The van der Waals surface area contributed by atoms with Crippen molar-refractivity contribution in [1.29, 1.82) is 0 Å². The Morgan fingerprint density at radius 1 is 1.04 bits per heavy atom. The normalized spacial score (nSPS) is 16.1. The highest BCUT2D eigenvalue weighted by Crippen LogP contribution is 2.22. The van der Waals surface area contributed by atoms with E-state index in [4.69, 9.17) is 12.2 Å². The minimum atomic E-state index is 0.0148. The average Bonchev–Trinajstić information content (AvgIpc) is 2.99. The second-order valence-corrected chi connectivity index (χ2v) is 6.14. The quantitative estimate of drug-likeness (QED) is 0.871. The lowest BCUT2D eigenvalue weighted by Gasteiger charge is -2.20. The molecule has 1 aliphatic rings. The van der Waals surface area contributed by atoms with Crippen molar-refractivity contribution in [3.63, 3.8) is 0 Å². The molecule has 0 aromatic heterocycles. The van der Waals surface area contributed by atoms with Crippen LogP contribution < -0.4 is 5.32 Å². The van der Waals surface area contributed by atoms with Crippen LogP contribution in [0.25, 0.3) is 0 Å². The minimum Gasteiger partial charge on any atom is -0.363 e. The fourth-order valence-electron chi connectivity index (χ4n) is 2.86. The smallest absolute Gasteiger partial charge is 0.195 e. The first-order valence-corrected chi connectivity index (χ1v) is 8.34. The molecule has 3 rings (SSSR count). The molecule has 4 heteroatoms. The first-order valence-electron chi connectivity index (χ1n) is 7.93. The number of rotatable bonds is 3. The summed E-state index contributed by atoms with van der Waals surface area (Å²) in [5, 5.41) is 3.96. The number of nitrogens with one attached hydrogen (secondary N) is 1. The zero-order valence-corrected chi connectivity index (χ0v) is 14.1. The monoisotopic (exact) mass is 323 g/mol. The van der Waals surface area contributed by atoms with E-state index in [1.54, 1.807) is 0 Å². The van der Waals surface area contributed by atoms with Crippen molar-refractivity contribution in [2.24, 2.45) is 4.99 Å². The van der Waals surface area contributed by atoms with Gasteiger partial charge in [0.05, 0.1) is 6.04 Å². The zero-order valence-electron chi connectivity index (χ0n) is 13.3. The van der Waals surface area contributed by atoms with Gasteiger partial charge in [0.1, 0.15) is 5.84 Å². The van der Waals surface area contributed by atoms with Gasteiger partial charge in [-0.2, -0.15) is 0 Å². The van der Waals surface area contributed by atoms with E-state index >= 15 is 0 Å². The molecule has 0 saturated carbocycles. The second-order valence-electron chi connectivity index (χ2n) is 5.76. The summed E-state index contributed by atoms with van der Waals surface area (Å²) in [5.74, 6) is 1.07. The zero-order chi connectivity index (χ0) is 16.1. The van der Waals surface area contributed by atoms with Crippen LogP contribution >= 0.6 is 12.2 Å². The van der Waals surface area contributed by atoms with Crippen molar-refractivity contribution in [2.75, 3.05) is 13.6 Å². The summed E-state index contributed by atoms with van der Waals surface area (Å²) < 4.78 is 0. The Hall–Kier alpha value is -2.20. The Kier molecular flexibility index (Phi) is 5.03. The van der Waals surface area contributed by atoms with Gasteiger partial charge in [-0.05, 0) is 29.8 Å². The van der Waals surface area contributed by atoms with Crippen molar-refractivity contribution in [2.45, 2.75) is 18.9 Å². The van der Waals surface area contributed by atoms with Crippen molar-refractivity contribution >= 4 is 23.2 Å². The Bertz CT molecular complexity index is 643. The first-order chi connectivity index (χ1) is 11.2. The molecular weight excluding hydrogens is 302 g/mol. The van der Waals surface area contributed by atoms with E-state index in [9.17, 15) is 0 Å². The van der Waals surface area contributed by atoms with Gasteiger partial charge in [-0.3, -0.25) is 0 Å². The van der Waals surface area contributed by atoms with Gasteiger partial charge in [0.25, 0.3) is 0 Å². The fraction of sp³-hybridized carbons (Fsp3) is 0.263. The molecule has 0 radical (unpaired) electrons. The van der Waals surface area contributed by atoms with Gasteiger partial charge in [-0.15, -0.1) is 0 Å². The molecule has 0 aliphatic carbocycles. The number of likely N-dealkylation sites (tertiary alicyclic amines) is 1. The van der Waals surface area contributed by atoms with E-state index in [-0.39, 0.29) is 6.04 Å². The molecule has 2 aromatic rings. The van der Waals surface area contributed by atoms with Gasteiger partial charge in [0.15, 0.2) is 5.11 Å². The van der Waals surface area contributed by atoms with Crippen LogP contribution in [0.3, 0.4) is 0 Å². The number of hydrogen-bond donors (Lipinski definition) is 1. The lowest BCUT2D eigenvalue weighted by Crippen LogP contribution is -2.29. The molecule has 1 N–H and O–H groups in total. The van der Waals surface area contributed by atoms with E-state index in [0.29, 0.717) is 5.11 Å². The lowest BCUT2D eigenvalue weighted by molar-refractivity contribution is 0.550. The van der Waals surface area contributed by atoms with Crippen LogP contribution in [-0.4, -0.2) is 29.4 Å². The van der Waals surface area contributed by atoms with Gasteiger partial charge in [0, 0.05) is 20.0 Å². The molecule has 1 heterocycles. The molecule has 3 nitrogen and oxygen atoms in total. The minimum absolute atomic E-state index is 0.0148. The van der Waals surface area contributed by atoms with Gasteiger partial charge < -0.3 is 10.2 Å². The van der Waals surface area contributed by atoms with Crippen LogP contribution in [0.4, 0.5) is 0 Å². The third-order valence-corrected chi connectivity index (χ3v) is 4.31. The van der Waals surface area contributed by atoms with Crippen molar-refractivity contribution in [3.05, 3.63) is 71.8 Å². The number of thiocarbonyl (C=S) groups is 1. The van der Waals surface area contributed by atoms with Crippen LogP contribution in [0.5, 0.6) is 0 Å². The molecule has 0 unspecified atom stereocenters. The third-order valence-electron chi connectivity index (χ3n) is 4.10. The number of amidine groups is 1. The summed E-state index contributed by atoms with van der Waals surface area (Å²) in [6.45, 7) is 1.06. The van der Waals surface area contributed by atoms with Crippen LogP contribution in [0.2, 0.25) is 0 Å². The average molecular weight is 323 g/mol. The molecule has 118 valence electrons. The highest BCUT2D eigenvalue weighted by molar-refractivity contribution is 7.80. The summed E-state index contributed by atoms with van der Waals surface area (Å²) in [4.78, 5) is 6.79. The summed E-state index contributed by atoms with van der Waals surface area (Å²) in [5.41, 5.74) is 2.36. The van der Waals surface area contributed by atoms with Gasteiger partial charge in [-0.25, -0.2) is 4.99 Å². The van der Waals surface area contributed by atoms with Gasteiger partial charge >= 0.3 is 0 Å². The maximum atomic E-state index is 5.49. The van der Waals surface area contributed by atoms with E-state index in [1.807, 2.05) is 36.4 Å². The number of aliphatic imine (C=N–C) groups is 1. The molecule has 0 spiro atoms. The Labute approximate surface area is 143 Å². The highest BCUT2D eigenvalue weighted by atomic mass is 32.1. The molecule has 23 heavy (non-hydrogen) atoms. The molecule has 1 fully saturated rings. The topological polar surface area (TPSA) is 27.6 Å². The van der Waals surface area contributed by atoms with Crippen molar-refractivity contribution < 1.29 is 0 Å². The molecule has 0 atom stereocenters. The number of benzene rings is 2. The van der Waals surface area contributed by atoms with Crippen LogP contribution in [0.1, 0.15) is 30.0 Å². The van der Waals surface area contributed by atoms with Crippen molar-refractivity contribution in [3.8, 4) is 0 Å². The van der Waals surface area contributed by atoms with Crippen LogP contribution in [0.15, 0.2) is 65.7 Å². The SMILES string of the molecule is CN1CCCC1=NC(=S)NC(c1ccccc1)c1ccccc1. The van der Waals surface area contributed by atoms with E-state index < -0.39 is 0 Å². The molecule has 2 aromatic carbocycles. The number of nitrogens with zero attached hydrogens (tertiary/aromatic N) is 2. The van der Waals surface area contributed by atoms with E-state index in [0.717, 1.165) is 25.2 Å². The summed E-state index contributed by atoms with van der Waals surface area (Å²) in [6.07, 6.45) is 2.15. The maximum absolute atomic E-state index is 5.49. The fourth-order valence-corrected chi connectivity index (χ4v) is 3.08. The Morgan fingerprint density at radius 2 is 1.61 bits per heavy atom. The van der Waals surface area contributed by atoms with Gasteiger partial charge in [0.2, 0.25) is 0 Å². The van der Waals surface area contributed by atoms with Crippen molar-refractivity contribution in [1.82, 2.24) is 10.2 Å². The van der Waals surface area contributed by atoms with Crippen LogP contribution in [0, 0.1) is 0 Å². The predicted molar refractivity (Wildman–Crippen MR) is 99.8 cm³/mol. The molecular formula is C19H21N3S. The lowest BCUT2D eigenvalue weighted by atomic mass is 9.99. The predicted octanol–water partition coefficient (Wildman–Crippen LogP) is 3.77. The molecule has 0 amide bonds. The summed E-state index contributed by atoms with van der Waals surface area (Å²) in [7, 11) is 2.07. The number of hydrogen-bond acceptors (Lipinski definition) is 1. The molecule has 1 saturated heterocycles. The summed E-state index contributed by atoms with van der Waals surface area (Å²) in [6, 6.07) is 20.7. The largest absolute Gasteiger partial charge is 0.363 e. The van der Waals surface area contributed by atoms with E-state index in [2.05, 4.69) is 46.5 Å². The van der Waals surface area contributed by atoms with Gasteiger partial charge in [-0.1, -0.05) is 60.7 Å². The standard InChI is InChI=1S/C19H21N3S/c1-22-14-8-13-17(22)20-19(23)21-18(15-9-4-2-5-10-15)16-11-6-3-7-12-16/h2-7,9-12,18H,8,13-14H2,1H3,(H,21,23). The highest BCUT2D eigenvalue weighted by Gasteiger charge is 2.17. The maximum Gasteiger partial charge on any atom is 0.195 e. The second kappa shape index (κ2) is 7.38. The van der Waals surface area contributed by atoms with Crippen LogP contribution in [-0.2, 0) is 0 Å². The Balaban J connectivity index is 1.83. The Morgan fingerprint density at radius 3 is 2.09 bits per heavy atom. The molecule has 1 aliphatic heterocycles. The molecule has 0 bridgehead atoms.